The summed E-state index contributed by atoms with van der Waals surface area (Å²) < 4.78 is 24.7. The zero-order valence-electron chi connectivity index (χ0n) is 16.4. The van der Waals surface area contributed by atoms with E-state index in [1.807, 2.05) is 0 Å². The minimum Gasteiger partial charge on any atom is -0.494 e. The Morgan fingerprint density at radius 1 is 1.35 bits per heavy atom. The molecule has 0 spiro atoms. The summed E-state index contributed by atoms with van der Waals surface area (Å²) >= 11 is 7.51. The van der Waals surface area contributed by atoms with E-state index in [2.05, 4.69) is 10.3 Å². The van der Waals surface area contributed by atoms with Crippen molar-refractivity contribution in [2.75, 3.05) is 18.6 Å². The molecule has 10 heteroatoms. The van der Waals surface area contributed by atoms with Gasteiger partial charge in [-0.15, -0.1) is 11.8 Å². The molecule has 7 nitrogen and oxygen atoms in total. The summed E-state index contributed by atoms with van der Waals surface area (Å²) in [6.07, 6.45) is 6.56. The highest BCUT2D eigenvalue weighted by atomic mass is 35.5. The van der Waals surface area contributed by atoms with Gasteiger partial charge in [0.2, 0.25) is 0 Å². The van der Waals surface area contributed by atoms with E-state index in [1.54, 1.807) is 12.3 Å². The van der Waals surface area contributed by atoms with E-state index < -0.39 is 23.1 Å². The van der Waals surface area contributed by atoms with E-state index >= 15 is 0 Å². The predicted octanol–water partition coefficient (Wildman–Crippen LogP) is 3.79. The maximum atomic E-state index is 13.9. The van der Waals surface area contributed by atoms with E-state index in [4.69, 9.17) is 21.1 Å². The highest BCUT2D eigenvalue weighted by Crippen LogP contribution is 2.46. The van der Waals surface area contributed by atoms with Crippen molar-refractivity contribution in [3.8, 4) is 11.5 Å². The summed E-state index contributed by atoms with van der Waals surface area (Å²) in [6.45, 7) is 0.519. The first-order chi connectivity index (χ1) is 15.0. The Labute approximate surface area is 186 Å². The maximum Gasteiger partial charge on any atom is 0.329 e. The zero-order valence-corrected chi connectivity index (χ0v) is 17.9. The molecule has 0 saturated carbocycles. The maximum absolute atomic E-state index is 13.9. The lowest BCUT2D eigenvalue weighted by atomic mass is 10.1. The van der Waals surface area contributed by atoms with E-state index in [0.29, 0.717) is 28.5 Å². The van der Waals surface area contributed by atoms with E-state index in [-0.39, 0.29) is 16.7 Å². The van der Waals surface area contributed by atoms with Gasteiger partial charge in [0, 0.05) is 22.2 Å². The third kappa shape index (κ3) is 3.32. The van der Waals surface area contributed by atoms with E-state index in [1.165, 1.54) is 37.2 Å². The molecule has 0 aliphatic carbocycles. The molecular formula is C21H17ClFN3O4S. The second kappa shape index (κ2) is 7.72. The van der Waals surface area contributed by atoms with Gasteiger partial charge in [-0.25, -0.2) is 14.1 Å². The van der Waals surface area contributed by atoms with Gasteiger partial charge >= 0.3 is 6.03 Å². The molecule has 1 aromatic heterocycles. The van der Waals surface area contributed by atoms with Crippen LogP contribution in [0, 0.1) is 5.82 Å². The minimum atomic E-state index is -0.598. The fourth-order valence-electron chi connectivity index (χ4n) is 3.93. The fourth-order valence-corrected chi connectivity index (χ4v) is 5.53. The number of halogens is 2. The number of thioether (sulfide) groups is 1. The molecule has 2 unspecified atom stereocenters. The number of aromatic nitrogens is 1. The number of nitrogens with one attached hydrogen (secondary N) is 1. The van der Waals surface area contributed by atoms with Gasteiger partial charge in [0.15, 0.2) is 11.6 Å². The topological polar surface area (TPSA) is 80.8 Å². The number of carbonyl (C=O) groups is 2. The SMILES string of the molecule is COc1cc(C2=CC3NC(=O)N(c4cncc5c4OCCC5)C(=O)C3S2)c(Cl)cc1F. The molecule has 5 rings (SSSR count). The number of aryl methyl sites for hydroxylation is 1. The standard InChI is InChI=1S/C21H17ClFN3O4S/c1-29-16-5-11(12(22)6-13(16)23)17-7-14-19(31-17)20(27)26(21(28)25-14)15-9-24-8-10-3-2-4-30-18(10)15/h5-9,14,19H,2-4H2,1H3,(H,25,28). The Morgan fingerprint density at radius 3 is 3.00 bits per heavy atom. The van der Waals surface area contributed by atoms with Gasteiger partial charge in [-0.1, -0.05) is 11.6 Å². The molecule has 1 aromatic carbocycles. The number of anilines is 1. The van der Waals surface area contributed by atoms with Gasteiger partial charge in [0.25, 0.3) is 5.91 Å². The minimum absolute atomic E-state index is 0.0481. The smallest absolute Gasteiger partial charge is 0.329 e. The van der Waals surface area contributed by atoms with Gasteiger partial charge < -0.3 is 14.8 Å². The van der Waals surface area contributed by atoms with Crippen molar-refractivity contribution < 1.29 is 23.5 Å². The molecular weight excluding hydrogens is 445 g/mol. The summed E-state index contributed by atoms with van der Waals surface area (Å²) in [5, 5.41) is 2.46. The predicted molar refractivity (Wildman–Crippen MR) is 115 cm³/mol. The summed E-state index contributed by atoms with van der Waals surface area (Å²) in [6, 6.07) is 1.60. The van der Waals surface area contributed by atoms with Gasteiger partial charge in [0.05, 0.1) is 31.0 Å². The molecule has 0 bridgehead atoms. The molecule has 0 radical (unpaired) electrons. The van der Waals surface area contributed by atoms with Crippen molar-refractivity contribution in [3.63, 3.8) is 0 Å². The van der Waals surface area contributed by atoms with Crippen LogP contribution < -0.4 is 19.7 Å². The van der Waals surface area contributed by atoms with Crippen LogP contribution in [0.15, 0.2) is 30.6 Å². The molecule has 2 atom stereocenters. The number of methoxy groups -OCH3 is 1. The largest absolute Gasteiger partial charge is 0.494 e. The van der Waals surface area contributed by atoms with Crippen LogP contribution in [-0.2, 0) is 11.2 Å². The Bertz CT molecular complexity index is 1140. The lowest BCUT2D eigenvalue weighted by molar-refractivity contribution is -0.118. The zero-order chi connectivity index (χ0) is 21.7. The number of urea groups is 1. The van der Waals surface area contributed by atoms with E-state index in [9.17, 15) is 14.0 Å². The Morgan fingerprint density at radius 2 is 2.19 bits per heavy atom. The molecule has 3 aliphatic heterocycles. The monoisotopic (exact) mass is 461 g/mol. The first kappa shape index (κ1) is 20.1. The number of hydrogen-bond acceptors (Lipinski definition) is 6. The van der Waals surface area contributed by atoms with Crippen LogP contribution in [0.25, 0.3) is 4.91 Å². The number of hydrogen-bond donors (Lipinski definition) is 1. The van der Waals surface area contributed by atoms with Crippen LogP contribution in [0.2, 0.25) is 5.02 Å². The quantitative estimate of drug-likeness (QED) is 0.749. The Balaban J connectivity index is 1.47. The number of nitrogens with zero attached hydrogens (tertiary/aromatic N) is 2. The molecule has 3 amide bonds. The van der Waals surface area contributed by atoms with E-state index in [0.717, 1.165) is 23.3 Å². The highest BCUT2D eigenvalue weighted by Gasteiger charge is 2.46. The lowest BCUT2D eigenvalue weighted by Crippen LogP contribution is -2.60. The van der Waals surface area contributed by atoms with Gasteiger partial charge in [0.1, 0.15) is 16.7 Å². The normalized spacial score (nSPS) is 22.3. The molecule has 31 heavy (non-hydrogen) atoms. The number of carbonyl (C=O) groups excluding carboxylic acids is 2. The van der Waals surface area contributed by atoms with Crippen molar-refractivity contribution in [3.05, 3.63) is 52.6 Å². The third-order valence-electron chi connectivity index (χ3n) is 5.40. The van der Waals surface area contributed by atoms with Crippen LogP contribution >= 0.6 is 23.4 Å². The number of imide groups is 1. The molecule has 1 saturated heterocycles. The summed E-state index contributed by atoms with van der Waals surface area (Å²) in [5.74, 6) is -0.383. The number of ether oxygens (including phenoxy) is 2. The van der Waals surface area contributed by atoms with Crippen molar-refractivity contribution in [1.82, 2.24) is 10.3 Å². The van der Waals surface area contributed by atoms with Crippen molar-refractivity contribution in [1.29, 1.82) is 0 Å². The molecule has 160 valence electrons. The average molecular weight is 462 g/mol. The third-order valence-corrected chi connectivity index (χ3v) is 7.08. The van der Waals surface area contributed by atoms with Crippen molar-refractivity contribution >= 4 is 45.9 Å². The second-order valence-corrected chi connectivity index (χ2v) is 8.87. The number of benzene rings is 1. The van der Waals surface area contributed by atoms with Gasteiger partial charge in [-0.2, -0.15) is 0 Å². The van der Waals surface area contributed by atoms with Crippen molar-refractivity contribution in [2.45, 2.75) is 24.1 Å². The van der Waals surface area contributed by atoms with Crippen LogP contribution in [0.5, 0.6) is 11.5 Å². The number of amides is 3. The molecule has 3 aliphatic rings. The molecule has 2 aromatic rings. The highest BCUT2D eigenvalue weighted by molar-refractivity contribution is 8.09. The van der Waals surface area contributed by atoms with Crippen molar-refractivity contribution in [2.24, 2.45) is 0 Å². The number of rotatable bonds is 3. The summed E-state index contributed by atoms with van der Waals surface area (Å²) in [5.41, 5.74) is 1.75. The van der Waals surface area contributed by atoms with Gasteiger partial charge in [-0.3, -0.25) is 9.78 Å². The number of pyridine rings is 1. The first-order valence-electron chi connectivity index (χ1n) is 9.64. The molecule has 1 fully saturated rings. The second-order valence-electron chi connectivity index (χ2n) is 7.28. The summed E-state index contributed by atoms with van der Waals surface area (Å²) in [7, 11) is 1.37. The average Bonchev–Trinajstić information content (AvgIpc) is 3.18. The molecule has 1 N–H and O–H groups in total. The summed E-state index contributed by atoms with van der Waals surface area (Å²) in [4.78, 5) is 32.2. The Kier molecular flexibility index (Phi) is 5.02. The first-order valence-corrected chi connectivity index (χ1v) is 10.9. The van der Waals surface area contributed by atoms with Crippen LogP contribution in [0.3, 0.4) is 0 Å². The van der Waals surface area contributed by atoms with Crippen LogP contribution in [0.1, 0.15) is 17.5 Å². The van der Waals surface area contributed by atoms with Crippen LogP contribution in [-0.4, -0.2) is 41.9 Å². The Hall–Kier alpha value is -2.78. The fraction of sp³-hybridized carbons (Fsp3) is 0.286. The molecule has 4 heterocycles. The number of fused-ring (bicyclic) bond motifs is 2. The van der Waals surface area contributed by atoms with Gasteiger partial charge in [-0.05, 0) is 31.1 Å². The lowest BCUT2D eigenvalue weighted by Gasteiger charge is -2.34. The van der Waals surface area contributed by atoms with Crippen LogP contribution in [0.4, 0.5) is 14.9 Å².